The number of hydrogen-bond donors (Lipinski definition) is 3. The first-order valence-corrected chi connectivity index (χ1v) is 27.7. The first-order chi connectivity index (χ1) is 33.8. The van der Waals surface area contributed by atoms with Crippen LogP contribution in [0, 0.1) is 0 Å². The van der Waals surface area contributed by atoms with Crippen LogP contribution < -0.4 is 30.2 Å². The van der Waals surface area contributed by atoms with Crippen LogP contribution in [0.5, 0.6) is 17.2 Å². The Morgan fingerprint density at radius 1 is 0.437 bits per heavy atom. The van der Waals surface area contributed by atoms with E-state index in [9.17, 15) is 14.4 Å². The molecule has 0 aliphatic carbocycles. The van der Waals surface area contributed by atoms with Gasteiger partial charge in [-0.1, -0.05) is 134 Å². The van der Waals surface area contributed by atoms with E-state index in [0.29, 0.717) is 53.2 Å². The van der Waals surface area contributed by atoms with Crippen LogP contribution in [0.15, 0.2) is 72.8 Å². The lowest BCUT2D eigenvalue weighted by molar-refractivity contribution is -0.126. The molecule has 3 N–H and O–H groups in total. The minimum atomic E-state index is -4.94. The molecule has 3 aromatic carbocycles. The fourth-order valence-corrected chi connectivity index (χ4v) is 11.0. The van der Waals surface area contributed by atoms with Crippen molar-refractivity contribution in [3.63, 3.8) is 0 Å². The smallest absolute Gasteiger partial charge is 0.476 e. The lowest BCUT2D eigenvalue weighted by Crippen LogP contribution is -2.48. The number of benzene rings is 3. The van der Waals surface area contributed by atoms with Crippen LogP contribution in [0.3, 0.4) is 0 Å². The molecule has 0 radical (unpaired) electrons. The van der Waals surface area contributed by atoms with Crippen molar-refractivity contribution in [2.75, 3.05) is 21.3 Å². The Hall–Kier alpha value is -4.42. The molecule has 13 nitrogen and oxygen atoms in total. The molecule has 0 saturated heterocycles. The predicted molar refractivity (Wildman–Crippen MR) is 285 cm³/mol. The molecule has 3 unspecified atom stereocenters. The summed E-state index contributed by atoms with van der Waals surface area (Å²) in [6.07, 6.45) is 15.4. The lowest BCUT2D eigenvalue weighted by Gasteiger charge is -2.44. The molecule has 3 atom stereocenters. The van der Waals surface area contributed by atoms with Gasteiger partial charge in [-0.15, -0.1) is 0 Å². The normalized spacial score (nSPS) is 14.1. The Labute approximate surface area is 427 Å². The maximum absolute atomic E-state index is 16.4. The van der Waals surface area contributed by atoms with Gasteiger partial charge in [0, 0.05) is 19.3 Å². The number of methoxy groups -OCH3 is 3. The SMILES string of the molecule is CCCCCCCC(=O)NC(c1cccc(OC)c1)C(C)(C)OP(=O)(OC(C)(C)C(NC(=O)CCCCCCC)c1cccc(OC)c1)OC(C)(C)C(NC(=O)CCCCCCC)c1cccc(OC)c1. The molecule has 0 spiro atoms. The summed E-state index contributed by atoms with van der Waals surface area (Å²) in [5.41, 5.74) is -2.61. The summed E-state index contributed by atoms with van der Waals surface area (Å²) in [5, 5.41) is 9.63. The quantitative estimate of drug-likeness (QED) is 0.0378. The van der Waals surface area contributed by atoms with E-state index in [-0.39, 0.29) is 37.0 Å². The summed E-state index contributed by atoms with van der Waals surface area (Å²) >= 11 is 0. The second-order valence-corrected chi connectivity index (χ2v) is 21.8. The van der Waals surface area contributed by atoms with E-state index < -0.39 is 42.8 Å². The fourth-order valence-electron chi connectivity index (χ4n) is 8.88. The largest absolute Gasteiger partial charge is 0.497 e. The van der Waals surface area contributed by atoms with Crippen LogP contribution >= 0.6 is 7.82 Å². The van der Waals surface area contributed by atoms with Crippen LogP contribution in [0.25, 0.3) is 0 Å². The van der Waals surface area contributed by atoms with E-state index in [1.807, 2.05) is 72.8 Å². The van der Waals surface area contributed by atoms with Crippen LogP contribution in [0.4, 0.5) is 0 Å². The van der Waals surface area contributed by atoms with Gasteiger partial charge in [-0.05, 0) is 114 Å². The van der Waals surface area contributed by atoms with E-state index in [1.165, 1.54) is 0 Å². The van der Waals surface area contributed by atoms with Crippen molar-refractivity contribution in [2.24, 2.45) is 0 Å². The Bertz CT molecular complexity index is 1880. The number of hydrogen-bond acceptors (Lipinski definition) is 10. The first kappa shape index (κ1) is 60.9. The van der Waals surface area contributed by atoms with E-state index in [2.05, 4.69) is 36.7 Å². The number of nitrogens with one attached hydrogen (secondary N) is 3. The van der Waals surface area contributed by atoms with Crippen molar-refractivity contribution in [1.82, 2.24) is 16.0 Å². The van der Waals surface area contributed by atoms with E-state index in [4.69, 9.17) is 27.8 Å². The standard InChI is InChI=1S/C57H90N3O10P/c1-13-16-19-22-25-37-49(61)58-52(43-31-28-34-46(40-43)65-10)55(4,5)68-71(64,69-56(6,7)53(44-32-29-35-47(41-44)66-11)59-50(62)38-26-23-20-17-14-2)70-57(8,9)54(45-33-30-36-48(42-45)67-12)60-51(63)39-27-24-21-18-15-3/h28-36,40-42,52-54H,13-27,37-39H2,1-12H3,(H,58,61)(H,59,62)(H,60,63). The van der Waals surface area contributed by atoms with E-state index in [1.54, 1.807) is 62.9 Å². The highest BCUT2D eigenvalue weighted by molar-refractivity contribution is 7.48. The number of carbonyl (C=O) groups is 3. The van der Waals surface area contributed by atoms with Gasteiger partial charge in [0.1, 0.15) is 17.2 Å². The van der Waals surface area contributed by atoms with Crippen molar-refractivity contribution in [3.8, 4) is 17.2 Å². The van der Waals surface area contributed by atoms with E-state index in [0.717, 1.165) is 77.0 Å². The highest BCUT2D eigenvalue weighted by Crippen LogP contribution is 2.62. The van der Waals surface area contributed by atoms with Gasteiger partial charge in [-0.25, -0.2) is 4.57 Å². The van der Waals surface area contributed by atoms with Crippen LogP contribution in [0.2, 0.25) is 0 Å². The minimum absolute atomic E-state index is 0.200. The molecular weight excluding hydrogens is 918 g/mol. The Balaban J connectivity index is 2.24. The Morgan fingerprint density at radius 2 is 0.690 bits per heavy atom. The maximum atomic E-state index is 16.4. The summed E-state index contributed by atoms with van der Waals surface area (Å²) in [5.74, 6) is 1.07. The van der Waals surface area contributed by atoms with Crippen molar-refractivity contribution in [1.29, 1.82) is 0 Å². The Kier molecular flexibility index (Phi) is 26.2. The molecule has 0 aromatic heterocycles. The lowest BCUT2D eigenvalue weighted by atomic mass is 9.91. The topological polar surface area (TPSA) is 160 Å². The average molecular weight is 1010 g/mol. The molecule has 0 aliphatic rings. The molecule has 3 aromatic rings. The molecule has 3 amide bonds. The average Bonchev–Trinajstić information content (AvgIpc) is 3.33. The number of ether oxygens (including phenoxy) is 3. The number of rotatable bonds is 36. The molecule has 0 heterocycles. The molecule has 0 fully saturated rings. The third-order valence-electron chi connectivity index (χ3n) is 12.8. The van der Waals surface area contributed by atoms with Crippen molar-refractivity contribution >= 4 is 25.5 Å². The zero-order chi connectivity index (χ0) is 52.5. The minimum Gasteiger partial charge on any atom is -0.497 e. The van der Waals surface area contributed by atoms with Crippen LogP contribution in [-0.4, -0.2) is 55.9 Å². The molecule has 3 rings (SSSR count). The number of amides is 3. The zero-order valence-electron chi connectivity index (χ0n) is 45.4. The summed E-state index contributed by atoms with van der Waals surface area (Å²) in [6, 6.07) is 19.2. The van der Waals surface area contributed by atoms with Crippen LogP contribution in [0.1, 0.15) is 213 Å². The van der Waals surface area contributed by atoms with Gasteiger partial charge in [-0.3, -0.25) is 28.0 Å². The third kappa shape index (κ3) is 20.9. The van der Waals surface area contributed by atoms with E-state index >= 15 is 4.57 Å². The summed E-state index contributed by atoms with van der Waals surface area (Å²) in [6.45, 7) is 16.9. The molecule has 14 heteroatoms. The molecule has 71 heavy (non-hydrogen) atoms. The number of unbranched alkanes of at least 4 members (excludes halogenated alkanes) is 12. The maximum Gasteiger partial charge on any atom is 0.476 e. The Morgan fingerprint density at radius 3 is 0.930 bits per heavy atom. The van der Waals surface area contributed by atoms with Gasteiger partial charge in [0.05, 0.1) is 56.3 Å². The predicted octanol–water partition coefficient (Wildman–Crippen LogP) is 14.2. The number of phosphoric acid groups is 1. The molecule has 398 valence electrons. The van der Waals surface area contributed by atoms with Gasteiger partial charge in [0.25, 0.3) is 0 Å². The van der Waals surface area contributed by atoms with Crippen molar-refractivity contribution in [2.45, 2.75) is 213 Å². The van der Waals surface area contributed by atoms with Gasteiger partial charge in [0.2, 0.25) is 17.7 Å². The highest BCUT2D eigenvalue weighted by Gasteiger charge is 2.51. The summed E-state index contributed by atoms with van der Waals surface area (Å²) in [4.78, 5) is 41.7. The fraction of sp³-hybridized carbons (Fsp3) is 0.632. The summed E-state index contributed by atoms with van der Waals surface area (Å²) < 4.78 is 54.0. The van der Waals surface area contributed by atoms with Gasteiger partial charge in [0.15, 0.2) is 0 Å². The number of phosphoric ester groups is 1. The van der Waals surface area contributed by atoms with Gasteiger partial charge in [-0.2, -0.15) is 0 Å². The second-order valence-electron chi connectivity index (χ2n) is 20.4. The van der Waals surface area contributed by atoms with Gasteiger partial charge < -0.3 is 30.2 Å². The van der Waals surface area contributed by atoms with Gasteiger partial charge >= 0.3 is 7.82 Å². The zero-order valence-corrected chi connectivity index (χ0v) is 46.3. The first-order valence-electron chi connectivity index (χ1n) is 26.3. The van der Waals surface area contributed by atoms with Crippen molar-refractivity contribution in [3.05, 3.63) is 89.5 Å². The summed E-state index contributed by atoms with van der Waals surface area (Å²) in [7, 11) is -0.238. The molecular formula is C57H90N3O10P. The van der Waals surface area contributed by atoms with Crippen LogP contribution in [-0.2, 0) is 32.5 Å². The highest BCUT2D eigenvalue weighted by atomic mass is 31.2. The molecule has 0 saturated carbocycles. The van der Waals surface area contributed by atoms with Crippen molar-refractivity contribution < 1.29 is 46.7 Å². The second kappa shape index (κ2) is 30.6. The molecule has 0 bridgehead atoms. The number of carbonyl (C=O) groups excluding carboxylic acids is 3. The monoisotopic (exact) mass is 1010 g/mol. The third-order valence-corrected chi connectivity index (χ3v) is 14.9. The molecule has 0 aliphatic heterocycles.